The number of hydrogen-bond donors (Lipinski definition) is 0. The van der Waals surface area contributed by atoms with E-state index in [1.807, 2.05) is 63.0 Å². The van der Waals surface area contributed by atoms with Crippen LogP contribution in [0.1, 0.15) is 66.7 Å². The van der Waals surface area contributed by atoms with E-state index in [1.165, 1.54) is 0 Å². The normalized spacial score (nSPS) is 19.7. The Morgan fingerprint density at radius 2 is 1.13 bits per heavy atom. The fourth-order valence-corrected chi connectivity index (χ4v) is 6.21. The maximum Gasteiger partial charge on any atom is 0.260 e. The number of fused-ring (bicyclic) bond motifs is 4. The van der Waals surface area contributed by atoms with Crippen molar-refractivity contribution in [3.05, 3.63) is 83.2 Å². The van der Waals surface area contributed by atoms with Gasteiger partial charge >= 0.3 is 0 Å². The number of carbonyl (C=O) groups excluding carboxylic acids is 2. The molecular formula is C37H40N4O6. The third kappa shape index (κ3) is 6.58. The Labute approximate surface area is 275 Å². The van der Waals surface area contributed by atoms with Gasteiger partial charge in [0, 0.05) is 37.0 Å². The van der Waals surface area contributed by atoms with Crippen molar-refractivity contribution in [2.24, 2.45) is 9.98 Å². The highest BCUT2D eigenvalue weighted by atomic mass is 16.5. The van der Waals surface area contributed by atoms with Crippen LogP contribution >= 0.6 is 0 Å². The van der Waals surface area contributed by atoms with E-state index < -0.39 is 0 Å². The summed E-state index contributed by atoms with van der Waals surface area (Å²) in [5, 5.41) is 0. The molecule has 0 spiro atoms. The minimum Gasteiger partial charge on any atom is -0.493 e. The quantitative estimate of drug-likeness (QED) is 0.230. The van der Waals surface area contributed by atoms with Crippen LogP contribution in [-0.4, -0.2) is 73.6 Å². The SMILES string of the molecule is C/C=C/C1=CN2C(=O)c3cc(OC)c(OCCCCCOc4cc5c(cc4OC)C(=O)N4C=C(/C=C/C)C[C@H]4C=N5)cc3N=C[C@@H]2C1. The van der Waals surface area contributed by atoms with Gasteiger partial charge in [0.05, 0.1) is 62.0 Å². The van der Waals surface area contributed by atoms with Gasteiger partial charge in [-0.05, 0) is 69.2 Å². The summed E-state index contributed by atoms with van der Waals surface area (Å²) < 4.78 is 23.3. The summed E-state index contributed by atoms with van der Waals surface area (Å²) in [6, 6.07) is 6.79. The molecular weight excluding hydrogens is 596 g/mol. The average Bonchev–Trinajstić information content (AvgIpc) is 3.62. The van der Waals surface area contributed by atoms with Crippen LogP contribution in [0.4, 0.5) is 11.4 Å². The molecule has 0 aliphatic carbocycles. The molecule has 244 valence electrons. The van der Waals surface area contributed by atoms with Crippen LogP contribution in [0.15, 0.2) is 82.1 Å². The number of ether oxygens (including phenoxy) is 4. The van der Waals surface area contributed by atoms with Crippen LogP contribution in [0, 0.1) is 0 Å². The molecule has 4 heterocycles. The number of allylic oxidation sites excluding steroid dienone is 4. The van der Waals surface area contributed by atoms with Crippen LogP contribution in [0.25, 0.3) is 0 Å². The summed E-state index contributed by atoms with van der Waals surface area (Å²) >= 11 is 0. The van der Waals surface area contributed by atoms with E-state index in [4.69, 9.17) is 18.9 Å². The summed E-state index contributed by atoms with van der Waals surface area (Å²) in [6.45, 7) is 4.87. The van der Waals surface area contributed by atoms with Crippen molar-refractivity contribution in [3.63, 3.8) is 0 Å². The molecule has 0 bridgehead atoms. The van der Waals surface area contributed by atoms with Gasteiger partial charge in [-0.3, -0.25) is 19.6 Å². The maximum atomic E-state index is 13.4. The second kappa shape index (κ2) is 14.1. The number of aliphatic imine (C=N–C) groups is 2. The topological polar surface area (TPSA) is 102 Å². The lowest BCUT2D eigenvalue weighted by Crippen LogP contribution is -2.32. The van der Waals surface area contributed by atoms with Crippen LogP contribution in [0.5, 0.6) is 23.0 Å². The number of methoxy groups -OCH3 is 2. The van der Waals surface area contributed by atoms with E-state index in [0.29, 0.717) is 58.7 Å². The first kappa shape index (κ1) is 31.8. The number of unbranched alkanes of at least 4 members (excludes halogenated alkanes) is 2. The molecule has 2 atom stereocenters. The van der Waals surface area contributed by atoms with Gasteiger partial charge < -0.3 is 28.7 Å². The third-order valence-electron chi connectivity index (χ3n) is 8.54. The summed E-state index contributed by atoms with van der Waals surface area (Å²) in [5.74, 6) is 1.89. The molecule has 10 heteroatoms. The Kier molecular flexibility index (Phi) is 9.56. The number of rotatable bonds is 12. The maximum absolute atomic E-state index is 13.4. The van der Waals surface area contributed by atoms with Crippen molar-refractivity contribution < 1.29 is 28.5 Å². The lowest BCUT2D eigenvalue weighted by molar-refractivity contribution is 0.0809. The lowest BCUT2D eigenvalue weighted by Gasteiger charge is -2.19. The first-order chi connectivity index (χ1) is 22.9. The Bertz CT molecular complexity index is 1610. The average molecular weight is 637 g/mol. The van der Waals surface area contributed by atoms with Gasteiger partial charge in [0.15, 0.2) is 23.0 Å². The minimum absolute atomic E-state index is 0.104. The van der Waals surface area contributed by atoms with Gasteiger partial charge in [0.1, 0.15) is 0 Å². The molecule has 0 fully saturated rings. The highest BCUT2D eigenvalue weighted by Crippen LogP contribution is 2.40. The number of amides is 2. The van der Waals surface area contributed by atoms with Crippen molar-refractivity contribution >= 4 is 35.6 Å². The fourth-order valence-electron chi connectivity index (χ4n) is 6.21. The number of nitrogens with zero attached hydrogens (tertiary/aromatic N) is 4. The molecule has 4 aliphatic heterocycles. The summed E-state index contributed by atoms with van der Waals surface area (Å²) in [5.41, 5.74) is 4.32. The zero-order valence-corrected chi connectivity index (χ0v) is 27.3. The molecule has 2 amide bonds. The summed E-state index contributed by atoms with van der Waals surface area (Å²) in [4.78, 5) is 39.5. The van der Waals surface area contributed by atoms with Crippen molar-refractivity contribution in [1.82, 2.24) is 9.80 Å². The van der Waals surface area contributed by atoms with E-state index in [9.17, 15) is 9.59 Å². The zero-order valence-electron chi connectivity index (χ0n) is 27.3. The third-order valence-corrected chi connectivity index (χ3v) is 8.54. The molecule has 0 N–H and O–H groups in total. The van der Waals surface area contributed by atoms with Crippen LogP contribution in [0.3, 0.4) is 0 Å². The Balaban J connectivity index is 1.02. The highest BCUT2D eigenvalue weighted by Gasteiger charge is 2.33. The van der Waals surface area contributed by atoms with Gasteiger partial charge in [0.2, 0.25) is 0 Å². The smallest absolute Gasteiger partial charge is 0.260 e. The highest BCUT2D eigenvalue weighted by molar-refractivity contribution is 6.05. The number of carbonyl (C=O) groups is 2. The molecule has 0 unspecified atom stereocenters. The first-order valence-corrected chi connectivity index (χ1v) is 16.0. The van der Waals surface area contributed by atoms with Crippen molar-refractivity contribution in [1.29, 1.82) is 0 Å². The molecule has 0 radical (unpaired) electrons. The van der Waals surface area contributed by atoms with E-state index in [1.54, 1.807) is 48.3 Å². The standard InChI is InChI=1S/C37H40N4O6/c1-5-10-24-14-26-20-38-30-18-34(32(44-3)16-28(30)36(42)40(26)22-24)46-12-8-7-9-13-47-35-19-31-29(17-33(35)45-4)37(43)41-23-25(11-6-2)15-27(41)21-39-31/h5-6,10-11,16-23,26-27H,7-9,12-15H2,1-4H3/b10-5+,11-6+/t26-,27-/m0/s1. The number of hydrogen-bond acceptors (Lipinski definition) is 8. The molecule has 2 aromatic rings. The van der Waals surface area contributed by atoms with E-state index in [2.05, 4.69) is 9.98 Å². The van der Waals surface area contributed by atoms with Gasteiger partial charge in [-0.25, -0.2) is 0 Å². The molecule has 10 nitrogen and oxygen atoms in total. The van der Waals surface area contributed by atoms with Crippen molar-refractivity contribution in [2.75, 3.05) is 27.4 Å². The minimum atomic E-state index is -0.105. The first-order valence-electron chi connectivity index (χ1n) is 16.0. The van der Waals surface area contributed by atoms with E-state index in [-0.39, 0.29) is 23.9 Å². The van der Waals surface area contributed by atoms with Gasteiger partial charge in [-0.2, -0.15) is 0 Å². The second-order valence-corrected chi connectivity index (χ2v) is 11.7. The molecule has 47 heavy (non-hydrogen) atoms. The molecule has 0 saturated heterocycles. The van der Waals surface area contributed by atoms with Crippen LogP contribution in [0.2, 0.25) is 0 Å². The zero-order chi connectivity index (χ0) is 32.9. The van der Waals surface area contributed by atoms with Gasteiger partial charge in [0.25, 0.3) is 11.8 Å². The molecule has 0 saturated carbocycles. The molecule has 2 aromatic carbocycles. The number of benzene rings is 2. The van der Waals surface area contributed by atoms with Crippen LogP contribution in [-0.2, 0) is 0 Å². The Morgan fingerprint density at radius 3 is 1.53 bits per heavy atom. The Morgan fingerprint density at radius 1 is 0.681 bits per heavy atom. The van der Waals surface area contributed by atoms with Crippen molar-refractivity contribution in [3.8, 4) is 23.0 Å². The fraction of sp³-hybridized carbons (Fsp3) is 0.351. The predicted octanol–water partition coefficient (Wildman–Crippen LogP) is 7.11. The monoisotopic (exact) mass is 636 g/mol. The molecule has 4 aliphatic rings. The largest absolute Gasteiger partial charge is 0.493 e. The Hall–Kier alpha value is -5.12. The van der Waals surface area contributed by atoms with Crippen molar-refractivity contribution in [2.45, 2.75) is 58.0 Å². The van der Waals surface area contributed by atoms with Gasteiger partial charge in [-0.1, -0.05) is 24.3 Å². The van der Waals surface area contributed by atoms with E-state index in [0.717, 1.165) is 43.3 Å². The summed E-state index contributed by atoms with van der Waals surface area (Å²) in [6.07, 6.45) is 19.4. The summed E-state index contributed by atoms with van der Waals surface area (Å²) in [7, 11) is 3.14. The van der Waals surface area contributed by atoms with E-state index >= 15 is 0 Å². The molecule has 6 rings (SSSR count). The molecule has 0 aromatic heterocycles. The second-order valence-electron chi connectivity index (χ2n) is 11.7. The lowest BCUT2D eigenvalue weighted by atomic mass is 10.1. The van der Waals surface area contributed by atoms with Crippen LogP contribution < -0.4 is 18.9 Å². The predicted molar refractivity (Wildman–Crippen MR) is 182 cm³/mol. The van der Waals surface area contributed by atoms with Gasteiger partial charge in [-0.15, -0.1) is 0 Å².